The lowest BCUT2D eigenvalue weighted by Crippen LogP contribution is -2.12. The number of para-hydroxylation sites is 2. The van der Waals surface area contributed by atoms with E-state index in [0.29, 0.717) is 0 Å². The Labute approximate surface area is 137 Å². The molecule has 0 amide bonds. The number of rotatable bonds is 5. The van der Waals surface area contributed by atoms with Crippen LogP contribution in [0.5, 0.6) is 0 Å². The van der Waals surface area contributed by atoms with Crippen LogP contribution in [0, 0.1) is 0 Å². The number of nitrogens with one attached hydrogen (secondary N) is 1. The quantitative estimate of drug-likeness (QED) is 0.491. The molecule has 2 heteroatoms. The van der Waals surface area contributed by atoms with Crippen molar-refractivity contribution >= 4 is 17.2 Å². The summed E-state index contributed by atoms with van der Waals surface area (Å²) in [7, 11) is 0. The Hall–Kier alpha value is -2.87. The van der Waals surface area contributed by atoms with Gasteiger partial charge in [-0.1, -0.05) is 66.7 Å². The van der Waals surface area contributed by atoms with Crippen molar-refractivity contribution in [2.75, 3.05) is 5.32 Å². The van der Waals surface area contributed by atoms with Crippen LogP contribution in [0.1, 0.15) is 12.0 Å². The molecule has 0 aliphatic carbocycles. The van der Waals surface area contributed by atoms with E-state index in [4.69, 9.17) is 4.99 Å². The standard InChI is InChI=1S/C21H20N2/c1-4-10-18(11-5-1)16-17-21(22-19-12-6-2-7-13-19)23-20-14-8-3-9-15-20/h1-15H,16-17H2,(H,22,23). The summed E-state index contributed by atoms with van der Waals surface area (Å²) in [5, 5.41) is 3.45. The molecule has 1 N–H and O–H groups in total. The Bertz CT molecular complexity index is 735. The Kier molecular flexibility index (Phi) is 5.20. The Morgan fingerprint density at radius 3 is 1.91 bits per heavy atom. The van der Waals surface area contributed by atoms with E-state index in [1.54, 1.807) is 0 Å². The second-order valence-electron chi connectivity index (χ2n) is 5.37. The normalized spacial score (nSPS) is 11.2. The molecule has 2 nitrogen and oxygen atoms in total. The molecule has 3 aromatic rings. The first-order valence-corrected chi connectivity index (χ1v) is 7.89. The van der Waals surface area contributed by atoms with Crippen molar-refractivity contribution in [1.82, 2.24) is 0 Å². The van der Waals surface area contributed by atoms with Gasteiger partial charge in [0.1, 0.15) is 5.84 Å². The molecule has 0 aliphatic heterocycles. The molecule has 0 saturated carbocycles. The van der Waals surface area contributed by atoms with Gasteiger partial charge in [-0.25, -0.2) is 4.99 Å². The van der Waals surface area contributed by atoms with Crippen LogP contribution in [0.15, 0.2) is 96.0 Å². The predicted molar refractivity (Wildman–Crippen MR) is 98.4 cm³/mol. The van der Waals surface area contributed by atoms with E-state index in [-0.39, 0.29) is 0 Å². The minimum Gasteiger partial charge on any atom is -0.344 e. The lowest BCUT2D eigenvalue weighted by molar-refractivity contribution is 1.03. The maximum Gasteiger partial charge on any atom is 0.107 e. The minimum atomic E-state index is 0.869. The number of hydrogen-bond donors (Lipinski definition) is 1. The fraction of sp³-hybridized carbons (Fsp3) is 0.0952. The molecule has 0 aliphatic rings. The number of amidine groups is 1. The van der Waals surface area contributed by atoms with E-state index in [1.165, 1.54) is 5.56 Å². The van der Waals surface area contributed by atoms with E-state index in [1.807, 2.05) is 54.6 Å². The molecule has 0 atom stereocenters. The van der Waals surface area contributed by atoms with Crippen molar-refractivity contribution in [3.05, 3.63) is 96.6 Å². The fourth-order valence-corrected chi connectivity index (χ4v) is 2.40. The number of benzene rings is 3. The van der Waals surface area contributed by atoms with Gasteiger partial charge in [-0.05, 0) is 36.2 Å². The van der Waals surface area contributed by atoms with Crippen molar-refractivity contribution < 1.29 is 0 Å². The highest BCUT2D eigenvalue weighted by atomic mass is 15.0. The summed E-state index contributed by atoms with van der Waals surface area (Å²) < 4.78 is 0. The van der Waals surface area contributed by atoms with Crippen LogP contribution in [-0.4, -0.2) is 5.84 Å². The van der Waals surface area contributed by atoms with E-state index in [0.717, 1.165) is 30.1 Å². The number of aryl methyl sites for hydroxylation is 1. The van der Waals surface area contributed by atoms with Crippen LogP contribution in [0.2, 0.25) is 0 Å². The summed E-state index contributed by atoms with van der Waals surface area (Å²) in [4.78, 5) is 4.77. The molecular weight excluding hydrogens is 280 g/mol. The molecule has 0 aromatic heterocycles. The van der Waals surface area contributed by atoms with Gasteiger partial charge in [0.2, 0.25) is 0 Å². The van der Waals surface area contributed by atoms with Gasteiger partial charge in [0, 0.05) is 12.1 Å². The van der Waals surface area contributed by atoms with Gasteiger partial charge in [0.25, 0.3) is 0 Å². The average Bonchev–Trinajstić information content (AvgIpc) is 2.62. The van der Waals surface area contributed by atoms with Crippen molar-refractivity contribution in [2.45, 2.75) is 12.8 Å². The first-order valence-electron chi connectivity index (χ1n) is 7.89. The van der Waals surface area contributed by atoms with Crippen LogP contribution in [0.25, 0.3) is 0 Å². The molecular formula is C21H20N2. The third-order valence-electron chi connectivity index (χ3n) is 3.58. The van der Waals surface area contributed by atoms with Crippen molar-refractivity contribution in [2.24, 2.45) is 4.99 Å². The van der Waals surface area contributed by atoms with Crippen molar-refractivity contribution in [1.29, 1.82) is 0 Å². The number of hydrogen-bond acceptors (Lipinski definition) is 1. The highest BCUT2D eigenvalue weighted by molar-refractivity contribution is 5.97. The lowest BCUT2D eigenvalue weighted by atomic mass is 10.1. The van der Waals surface area contributed by atoms with E-state index in [9.17, 15) is 0 Å². The summed E-state index contributed by atoms with van der Waals surface area (Å²) in [6.45, 7) is 0. The molecule has 3 rings (SSSR count). The van der Waals surface area contributed by atoms with Gasteiger partial charge >= 0.3 is 0 Å². The first kappa shape index (κ1) is 15.0. The SMILES string of the molecule is c1ccc(CCC(=Nc2ccccc2)Nc2ccccc2)cc1. The van der Waals surface area contributed by atoms with Crippen molar-refractivity contribution in [3.8, 4) is 0 Å². The second kappa shape index (κ2) is 7.95. The largest absolute Gasteiger partial charge is 0.344 e. The van der Waals surface area contributed by atoms with Gasteiger partial charge in [0.05, 0.1) is 5.69 Å². The van der Waals surface area contributed by atoms with Crippen LogP contribution in [-0.2, 0) is 6.42 Å². The highest BCUT2D eigenvalue weighted by Gasteiger charge is 2.02. The molecule has 0 saturated heterocycles. The van der Waals surface area contributed by atoms with Gasteiger partial charge in [-0.3, -0.25) is 0 Å². The second-order valence-corrected chi connectivity index (χ2v) is 5.37. The summed E-state index contributed by atoms with van der Waals surface area (Å²) in [5.41, 5.74) is 3.36. The zero-order chi connectivity index (χ0) is 15.7. The smallest absolute Gasteiger partial charge is 0.107 e. The van der Waals surface area contributed by atoms with Crippen LogP contribution < -0.4 is 5.32 Å². The highest BCUT2D eigenvalue weighted by Crippen LogP contribution is 2.14. The molecule has 0 spiro atoms. The van der Waals surface area contributed by atoms with Gasteiger partial charge < -0.3 is 5.32 Å². The Morgan fingerprint density at radius 1 is 0.696 bits per heavy atom. The molecule has 0 fully saturated rings. The maximum atomic E-state index is 4.77. The number of aliphatic imine (C=N–C) groups is 1. The third-order valence-corrected chi connectivity index (χ3v) is 3.58. The summed E-state index contributed by atoms with van der Waals surface area (Å²) in [6.07, 6.45) is 1.83. The molecule has 3 aromatic carbocycles. The predicted octanol–water partition coefficient (Wildman–Crippen LogP) is 5.46. The van der Waals surface area contributed by atoms with E-state index in [2.05, 4.69) is 41.7 Å². The average molecular weight is 300 g/mol. The zero-order valence-corrected chi connectivity index (χ0v) is 13.0. The van der Waals surface area contributed by atoms with Gasteiger partial charge in [-0.15, -0.1) is 0 Å². The Morgan fingerprint density at radius 2 is 1.26 bits per heavy atom. The summed E-state index contributed by atoms with van der Waals surface area (Å²) in [5.74, 6) is 0.978. The number of nitrogens with zero attached hydrogens (tertiary/aromatic N) is 1. The molecule has 0 unspecified atom stereocenters. The van der Waals surface area contributed by atoms with Crippen LogP contribution in [0.4, 0.5) is 11.4 Å². The first-order chi connectivity index (χ1) is 11.4. The maximum absolute atomic E-state index is 4.77. The summed E-state index contributed by atoms with van der Waals surface area (Å²) >= 11 is 0. The molecule has 0 heterocycles. The molecule has 114 valence electrons. The van der Waals surface area contributed by atoms with Crippen molar-refractivity contribution in [3.63, 3.8) is 0 Å². The van der Waals surface area contributed by atoms with Crippen LogP contribution in [0.3, 0.4) is 0 Å². The zero-order valence-electron chi connectivity index (χ0n) is 13.0. The van der Waals surface area contributed by atoms with E-state index < -0.39 is 0 Å². The van der Waals surface area contributed by atoms with Crippen LogP contribution >= 0.6 is 0 Å². The fourth-order valence-electron chi connectivity index (χ4n) is 2.40. The summed E-state index contributed by atoms with van der Waals surface area (Å²) in [6, 6.07) is 30.8. The van der Waals surface area contributed by atoms with E-state index >= 15 is 0 Å². The number of anilines is 1. The molecule has 0 bridgehead atoms. The minimum absolute atomic E-state index is 0.869. The topological polar surface area (TPSA) is 24.4 Å². The molecule has 23 heavy (non-hydrogen) atoms. The van der Waals surface area contributed by atoms with Gasteiger partial charge in [-0.2, -0.15) is 0 Å². The molecule has 0 radical (unpaired) electrons. The lowest BCUT2D eigenvalue weighted by Gasteiger charge is -2.10. The Balaban J connectivity index is 1.77. The monoisotopic (exact) mass is 300 g/mol. The third kappa shape index (κ3) is 4.82. The van der Waals surface area contributed by atoms with Gasteiger partial charge in [0.15, 0.2) is 0 Å².